The lowest BCUT2D eigenvalue weighted by Gasteiger charge is -2.07. The number of imidazole rings is 1. The van der Waals surface area contributed by atoms with Crippen molar-refractivity contribution in [2.45, 2.75) is 19.5 Å². The van der Waals surface area contributed by atoms with Crippen LogP contribution in [0.5, 0.6) is 0 Å². The molecule has 7 rings (SSSR count). The van der Waals surface area contributed by atoms with Crippen LogP contribution in [0.15, 0.2) is 102 Å². The molecule has 5 heterocycles. The van der Waals surface area contributed by atoms with Crippen LogP contribution in [0.25, 0.3) is 39.3 Å². The van der Waals surface area contributed by atoms with Gasteiger partial charge in [0, 0.05) is 65.4 Å². The van der Waals surface area contributed by atoms with Crippen molar-refractivity contribution < 1.29 is 4.42 Å². The molecule has 6 aromatic rings. The van der Waals surface area contributed by atoms with E-state index in [-0.39, 0.29) is 0 Å². The van der Waals surface area contributed by atoms with Crippen LogP contribution in [0.3, 0.4) is 0 Å². The van der Waals surface area contributed by atoms with Gasteiger partial charge in [0.15, 0.2) is 5.82 Å². The average Bonchev–Trinajstić information content (AvgIpc) is 3.73. The number of aromatic amines is 2. The summed E-state index contributed by atoms with van der Waals surface area (Å²) in [6, 6.07) is 16.4. The number of pyridine rings is 2. The Morgan fingerprint density at radius 1 is 0.925 bits per heavy atom. The Kier molecular flexibility index (Phi) is 6.02. The van der Waals surface area contributed by atoms with Crippen molar-refractivity contribution in [1.82, 2.24) is 35.5 Å². The van der Waals surface area contributed by atoms with E-state index in [2.05, 4.69) is 48.7 Å². The minimum Gasteiger partial charge on any atom is -0.472 e. The Balaban J connectivity index is 1.19. The molecule has 40 heavy (non-hydrogen) atoms. The first-order chi connectivity index (χ1) is 19.7. The highest BCUT2D eigenvalue weighted by molar-refractivity contribution is 5.93. The number of benzene rings is 1. The van der Waals surface area contributed by atoms with Crippen molar-refractivity contribution in [3.63, 3.8) is 0 Å². The number of hydrogen-bond donors (Lipinski definition) is 4. The van der Waals surface area contributed by atoms with Crippen molar-refractivity contribution >= 4 is 16.5 Å². The van der Waals surface area contributed by atoms with Gasteiger partial charge in [-0.15, -0.1) is 0 Å². The van der Waals surface area contributed by atoms with Crippen molar-refractivity contribution in [2.75, 3.05) is 0 Å². The average molecular weight is 527 g/mol. The number of rotatable bonds is 7. The number of hydrogen-bond acceptors (Lipinski definition) is 7. The van der Waals surface area contributed by atoms with Crippen molar-refractivity contribution in [3.05, 3.63) is 126 Å². The first-order valence-corrected chi connectivity index (χ1v) is 13.0. The van der Waals surface area contributed by atoms with E-state index in [4.69, 9.17) is 15.1 Å². The minimum absolute atomic E-state index is 0.562. The van der Waals surface area contributed by atoms with Gasteiger partial charge in [0.05, 0.1) is 35.6 Å². The minimum atomic E-state index is 0.562. The van der Waals surface area contributed by atoms with Gasteiger partial charge in [0.2, 0.25) is 0 Å². The van der Waals surface area contributed by atoms with Gasteiger partial charge in [-0.3, -0.25) is 15.1 Å². The van der Waals surface area contributed by atoms with Crippen molar-refractivity contribution in [1.29, 1.82) is 0 Å². The molecule has 0 saturated heterocycles. The van der Waals surface area contributed by atoms with Crippen LogP contribution in [0, 0.1) is 0 Å². The third-order valence-corrected chi connectivity index (χ3v) is 6.97. The normalized spacial score (nSPS) is 13.1. The van der Waals surface area contributed by atoms with E-state index in [9.17, 15) is 0 Å². The second-order valence-corrected chi connectivity index (χ2v) is 9.78. The Morgan fingerprint density at radius 2 is 1.82 bits per heavy atom. The molecule has 0 fully saturated rings. The number of nitrogens with one attached hydrogen (secondary N) is 3. The van der Waals surface area contributed by atoms with E-state index in [0.29, 0.717) is 18.8 Å². The zero-order valence-corrected chi connectivity index (χ0v) is 21.6. The van der Waals surface area contributed by atoms with Gasteiger partial charge in [-0.25, -0.2) is 4.98 Å². The summed E-state index contributed by atoms with van der Waals surface area (Å²) < 4.78 is 5.33. The lowest BCUT2D eigenvalue weighted by Crippen LogP contribution is -2.12. The quantitative estimate of drug-likeness (QED) is 0.227. The molecule has 1 aromatic carbocycles. The number of allylic oxidation sites excluding steroid dienone is 3. The molecular weight excluding hydrogens is 500 g/mol. The summed E-state index contributed by atoms with van der Waals surface area (Å²) in [7, 11) is 0. The second-order valence-electron chi connectivity index (χ2n) is 9.78. The Labute approximate surface area is 229 Å². The summed E-state index contributed by atoms with van der Waals surface area (Å²) in [5.41, 5.74) is 16.3. The molecule has 1 aliphatic carbocycles. The van der Waals surface area contributed by atoms with Gasteiger partial charge in [0.25, 0.3) is 0 Å². The Morgan fingerprint density at radius 3 is 2.70 bits per heavy atom. The SMILES string of the molecule is NC1=CC=C(c2ccoc2)c2nc(-c3n[nH]c4cnc(-c5cncc(CNCc6ccccc6)c5)cc34)[nH]c2C1. The standard InChI is InChI=1S/C31H26N8O/c32-23-6-7-24(21-8-9-40-18-21)29-27(11-23)36-31(37-29)30-25-12-26(35-17-28(25)38-39-30)22-10-20(15-34-16-22)14-33-13-19-4-2-1-3-5-19/h1-10,12,15-18,33H,11,13-14,32H2,(H,36,37)(H,38,39). The number of furan rings is 1. The highest BCUT2D eigenvalue weighted by Crippen LogP contribution is 2.33. The summed E-state index contributed by atoms with van der Waals surface area (Å²) in [5.74, 6) is 0.662. The van der Waals surface area contributed by atoms with Gasteiger partial charge in [0.1, 0.15) is 5.69 Å². The molecule has 0 atom stereocenters. The smallest absolute Gasteiger partial charge is 0.159 e. The molecular formula is C31H26N8O. The van der Waals surface area contributed by atoms with E-state index >= 15 is 0 Å². The molecule has 0 amide bonds. The molecule has 5 aromatic heterocycles. The maximum Gasteiger partial charge on any atom is 0.159 e. The van der Waals surface area contributed by atoms with Gasteiger partial charge in [-0.05, 0) is 35.4 Å². The van der Waals surface area contributed by atoms with E-state index in [1.165, 1.54) is 5.56 Å². The fourth-order valence-electron chi connectivity index (χ4n) is 4.98. The maximum absolute atomic E-state index is 6.24. The molecule has 196 valence electrons. The van der Waals surface area contributed by atoms with E-state index in [1.807, 2.05) is 54.9 Å². The molecule has 0 bridgehead atoms. The van der Waals surface area contributed by atoms with Crippen LogP contribution >= 0.6 is 0 Å². The lowest BCUT2D eigenvalue weighted by molar-refractivity contribution is 0.566. The summed E-state index contributed by atoms with van der Waals surface area (Å²) in [6.45, 7) is 1.50. The summed E-state index contributed by atoms with van der Waals surface area (Å²) in [5, 5.41) is 12.1. The molecule has 9 heteroatoms. The Bertz CT molecular complexity index is 1860. The predicted molar refractivity (Wildman–Crippen MR) is 153 cm³/mol. The topological polar surface area (TPSA) is 134 Å². The molecule has 1 aliphatic rings. The molecule has 0 saturated carbocycles. The number of H-pyrrole nitrogens is 2. The second kappa shape index (κ2) is 10.1. The highest BCUT2D eigenvalue weighted by Gasteiger charge is 2.22. The lowest BCUT2D eigenvalue weighted by atomic mass is 10.0. The predicted octanol–water partition coefficient (Wildman–Crippen LogP) is 5.12. The maximum atomic E-state index is 6.24. The van der Waals surface area contributed by atoms with Crippen molar-refractivity contribution in [3.8, 4) is 22.8 Å². The number of fused-ring (bicyclic) bond motifs is 2. The van der Waals surface area contributed by atoms with Crippen LogP contribution < -0.4 is 11.1 Å². The number of nitrogens with two attached hydrogens (primary N) is 1. The van der Waals surface area contributed by atoms with Crippen LogP contribution in [-0.4, -0.2) is 30.1 Å². The van der Waals surface area contributed by atoms with E-state index < -0.39 is 0 Å². The van der Waals surface area contributed by atoms with Gasteiger partial charge < -0.3 is 20.5 Å². The van der Waals surface area contributed by atoms with E-state index in [1.54, 1.807) is 18.7 Å². The summed E-state index contributed by atoms with van der Waals surface area (Å²) >= 11 is 0. The molecule has 0 unspecified atom stereocenters. The zero-order chi connectivity index (χ0) is 26.9. The first-order valence-electron chi connectivity index (χ1n) is 13.0. The third-order valence-electron chi connectivity index (χ3n) is 6.97. The number of aromatic nitrogens is 6. The van der Waals surface area contributed by atoms with Crippen LogP contribution in [0.2, 0.25) is 0 Å². The van der Waals surface area contributed by atoms with Crippen LogP contribution in [0.4, 0.5) is 0 Å². The highest BCUT2D eigenvalue weighted by atomic mass is 16.3. The first kappa shape index (κ1) is 23.8. The molecule has 0 aliphatic heterocycles. The molecule has 0 spiro atoms. The molecule has 9 nitrogen and oxygen atoms in total. The summed E-state index contributed by atoms with van der Waals surface area (Å²) in [4.78, 5) is 17.6. The van der Waals surface area contributed by atoms with Gasteiger partial charge in [-0.2, -0.15) is 5.10 Å². The fourth-order valence-corrected chi connectivity index (χ4v) is 4.98. The van der Waals surface area contributed by atoms with Crippen LogP contribution in [0.1, 0.15) is 28.1 Å². The zero-order valence-electron chi connectivity index (χ0n) is 21.6. The fraction of sp³-hybridized carbons (Fsp3) is 0.0968. The van der Waals surface area contributed by atoms with Gasteiger partial charge in [-0.1, -0.05) is 36.4 Å². The summed E-state index contributed by atoms with van der Waals surface area (Å²) in [6.07, 6.45) is 13.3. The van der Waals surface area contributed by atoms with Gasteiger partial charge >= 0.3 is 0 Å². The molecule has 5 N–H and O–H groups in total. The number of nitrogens with zero attached hydrogens (tertiary/aromatic N) is 4. The van der Waals surface area contributed by atoms with Crippen LogP contribution in [-0.2, 0) is 19.5 Å². The molecule has 0 radical (unpaired) electrons. The monoisotopic (exact) mass is 526 g/mol. The Hall–Kier alpha value is -5.28. The largest absolute Gasteiger partial charge is 0.472 e. The third kappa shape index (κ3) is 4.59. The van der Waals surface area contributed by atoms with E-state index in [0.717, 1.165) is 68.2 Å². The van der Waals surface area contributed by atoms with Crippen molar-refractivity contribution in [2.24, 2.45) is 5.73 Å².